The monoisotopic (exact) mass is 206 g/mol. The molecule has 0 bridgehead atoms. The zero-order valence-electron chi connectivity index (χ0n) is 7.04. The van der Waals surface area contributed by atoms with Gasteiger partial charge in [0.2, 0.25) is 6.26 Å². The van der Waals surface area contributed by atoms with E-state index >= 15 is 0 Å². The maximum absolute atomic E-state index is 11.7. The second-order valence-corrected chi connectivity index (χ2v) is 3.22. The third kappa shape index (κ3) is 2.06. The first-order chi connectivity index (χ1) is 6.54. The minimum atomic E-state index is -4.54. The minimum Gasteiger partial charge on any atom is -0.353 e. The van der Waals surface area contributed by atoms with Crippen LogP contribution in [0.15, 0.2) is 10.6 Å². The lowest BCUT2D eigenvalue weighted by molar-refractivity contribution is -0.351. The molecule has 1 aliphatic rings. The molecular formula is C8H7F3NO2. The van der Waals surface area contributed by atoms with Crippen LogP contribution in [-0.4, -0.2) is 17.6 Å². The fourth-order valence-electron chi connectivity index (χ4n) is 1.48. The minimum absolute atomic E-state index is 0.0114. The van der Waals surface area contributed by atoms with Gasteiger partial charge in [-0.2, -0.15) is 0 Å². The van der Waals surface area contributed by atoms with Crippen LogP contribution in [0.5, 0.6) is 0 Å². The van der Waals surface area contributed by atoms with E-state index in [-0.39, 0.29) is 5.92 Å². The van der Waals surface area contributed by atoms with E-state index in [0.29, 0.717) is 18.5 Å². The Morgan fingerprint density at radius 1 is 1.50 bits per heavy atom. The van der Waals surface area contributed by atoms with E-state index in [9.17, 15) is 13.2 Å². The Morgan fingerprint density at radius 3 is 2.71 bits per heavy atom. The lowest BCUT2D eigenvalue weighted by Crippen LogP contribution is -2.34. The quantitative estimate of drug-likeness (QED) is 0.744. The Balaban J connectivity index is 1.80. The van der Waals surface area contributed by atoms with Gasteiger partial charge in [-0.05, 0) is 12.8 Å². The average molecular weight is 206 g/mol. The molecule has 1 aromatic heterocycles. The normalized spacial score (nSPS) is 27.4. The Kier molecular flexibility index (Phi) is 2.22. The second kappa shape index (κ2) is 3.27. The van der Waals surface area contributed by atoms with Gasteiger partial charge in [0.1, 0.15) is 0 Å². The fourth-order valence-corrected chi connectivity index (χ4v) is 1.48. The molecule has 1 radical (unpaired) electrons. The highest BCUT2D eigenvalue weighted by Crippen LogP contribution is 2.40. The molecule has 1 aliphatic carbocycles. The van der Waals surface area contributed by atoms with Crippen LogP contribution in [-0.2, 0) is 4.74 Å². The highest BCUT2D eigenvalue weighted by atomic mass is 19.4. The molecule has 77 valence electrons. The van der Waals surface area contributed by atoms with Gasteiger partial charge in [0.15, 0.2) is 0 Å². The van der Waals surface area contributed by atoms with E-state index in [1.807, 2.05) is 0 Å². The summed E-state index contributed by atoms with van der Waals surface area (Å²) in [6.45, 7) is 0. The van der Waals surface area contributed by atoms with E-state index in [0.717, 1.165) is 0 Å². The summed E-state index contributed by atoms with van der Waals surface area (Å²) in [5, 5.41) is 3.60. The van der Waals surface area contributed by atoms with Gasteiger partial charge in [-0.3, -0.25) is 4.74 Å². The van der Waals surface area contributed by atoms with Crippen molar-refractivity contribution in [3.05, 3.63) is 18.0 Å². The maximum atomic E-state index is 11.7. The number of aromatic nitrogens is 1. The second-order valence-electron chi connectivity index (χ2n) is 3.22. The van der Waals surface area contributed by atoms with Crippen molar-refractivity contribution >= 4 is 0 Å². The molecular weight excluding hydrogens is 199 g/mol. The zero-order valence-corrected chi connectivity index (χ0v) is 7.04. The Hall–Kier alpha value is -1.04. The van der Waals surface area contributed by atoms with Crippen LogP contribution in [0, 0.1) is 6.26 Å². The molecule has 0 amide bonds. The predicted molar refractivity (Wildman–Crippen MR) is 38.2 cm³/mol. The van der Waals surface area contributed by atoms with Crippen LogP contribution in [0.2, 0.25) is 0 Å². The van der Waals surface area contributed by atoms with Gasteiger partial charge in [-0.15, -0.1) is 13.2 Å². The van der Waals surface area contributed by atoms with Crippen molar-refractivity contribution in [1.82, 2.24) is 5.16 Å². The van der Waals surface area contributed by atoms with Crippen LogP contribution >= 0.6 is 0 Å². The smallest absolute Gasteiger partial charge is 0.353 e. The predicted octanol–water partition coefficient (Wildman–Crippen LogP) is 2.26. The number of hydrogen-bond donors (Lipinski definition) is 0. The van der Waals surface area contributed by atoms with Crippen LogP contribution in [0.1, 0.15) is 24.5 Å². The summed E-state index contributed by atoms with van der Waals surface area (Å²) < 4.78 is 43.5. The van der Waals surface area contributed by atoms with E-state index in [1.165, 1.54) is 6.07 Å². The molecule has 0 N–H and O–H groups in total. The number of nitrogens with zero attached hydrogens (tertiary/aromatic N) is 1. The Bertz CT molecular complexity index is 290. The van der Waals surface area contributed by atoms with Gasteiger partial charge in [-0.1, -0.05) is 5.16 Å². The lowest BCUT2D eigenvalue weighted by Gasteiger charge is -2.33. The highest BCUT2D eigenvalue weighted by Gasteiger charge is 2.41. The van der Waals surface area contributed by atoms with Crippen molar-refractivity contribution in [3.63, 3.8) is 0 Å². The van der Waals surface area contributed by atoms with Gasteiger partial charge in [-0.25, -0.2) is 0 Å². The van der Waals surface area contributed by atoms with Gasteiger partial charge < -0.3 is 4.52 Å². The summed E-state index contributed by atoms with van der Waals surface area (Å²) in [6.07, 6.45) is -2.22. The summed E-state index contributed by atoms with van der Waals surface area (Å²) in [4.78, 5) is 0. The standard InChI is InChI=1S/C8H7F3NO2/c9-8(10,11)14-6-3-5(4-6)7-1-2-13-12-7/h1,5-6H,3-4H2. The molecule has 1 saturated carbocycles. The van der Waals surface area contributed by atoms with Crippen LogP contribution < -0.4 is 0 Å². The number of halogens is 3. The number of ether oxygens (including phenoxy) is 1. The topological polar surface area (TPSA) is 35.3 Å². The fraction of sp³-hybridized carbons (Fsp3) is 0.625. The van der Waals surface area contributed by atoms with Crippen LogP contribution in [0.4, 0.5) is 13.2 Å². The SMILES string of the molecule is FC(F)(F)OC1CC(c2c[c]on2)C1. The molecule has 0 unspecified atom stereocenters. The number of rotatable bonds is 2. The lowest BCUT2D eigenvalue weighted by atomic mass is 9.80. The third-order valence-electron chi connectivity index (χ3n) is 2.22. The van der Waals surface area contributed by atoms with E-state index in [2.05, 4.69) is 20.7 Å². The summed E-state index contributed by atoms with van der Waals surface area (Å²) in [7, 11) is 0. The van der Waals surface area contributed by atoms with Crippen molar-refractivity contribution < 1.29 is 22.4 Å². The maximum Gasteiger partial charge on any atom is 0.522 e. The Labute approximate surface area is 77.8 Å². The van der Waals surface area contributed by atoms with Gasteiger partial charge in [0.25, 0.3) is 0 Å². The first-order valence-corrected chi connectivity index (χ1v) is 4.12. The van der Waals surface area contributed by atoms with Crippen molar-refractivity contribution in [2.75, 3.05) is 0 Å². The van der Waals surface area contributed by atoms with Crippen molar-refractivity contribution in [2.24, 2.45) is 0 Å². The van der Waals surface area contributed by atoms with Crippen LogP contribution in [0.25, 0.3) is 0 Å². The molecule has 1 heterocycles. The van der Waals surface area contributed by atoms with Crippen molar-refractivity contribution in [2.45, 2.75) is 31.2 Å². The van der Waals surface area contributed by atoms with E-state index < -0.39 is 12.5 Å². The highest BCUT2D eigenvalue weighted by molar-refractivity contribution is 5.09. The third-order valence-corrected chi connectivity index (χ3v) is 2.22. The zero-order chi connectivity index (χ0) is 10.2. The first-order valence-electron chi connectivity index (χ1n) is 4.12. The molecule has 1 fully saturated rings. The molecule has 0 spiro atoms. The van der Waals surface area contributed by atoms with Crippen LogP contribution in [0.3, 0.4) is 0 Å². The first kappa shape index (κ1) is 9.51. The van der Waals surface area contributed by atoms with Gasteiger partial charge in [0.05, 0.1) is 11.8 Å². The van der Waals surface area contributed by atoms with Crippen molar-refractivity contribution in [3.8, 4) is 0 Å². The molecule has 1 aromatic rings. The molecule has 6 heteroatoms. The number of alkyl halides is 3. The van der Waals surface area contributed by atoms with E-state index in [1.54, 1.807) is 0 Å². The summed E-state index contributed by atoms with van der Waals surface area (Å²) >= 11 is 0. The molecule has 14 heavy (non-hydrogen) atoms. The Morgan fingerprint density at radius 2 is 2.21 bits per heavy atom. The molecule has 2 rings (SSSR count). The number of hydrogen-bond acceptors (Lipinski definition) is 3. The molecule has 0 aromatic carbocycles. The summed E-state index contributed by atoms with van der Waals surface area (Å²) in [5.41, 5.74) is 0.645. The molecule has 0 aliphatic heterocycles. The van der Waals surface area contributed by atoms with Gasteiger partial charge in [0, 0.05) is 12.0 Å². The largest absolute Gasteiger partial charge is 0.522 e. The summed E-state index contributed by atoms with van der Waals surface area (Å²) in [5.74, 6) is 0.0114. The molecule has 0 atom stereocenters. The van der Waals surface area contributed by atoms with Crippen molar-refractivity contribution in [1.29, 1.82) is 0 Å². The van der Waals surface area contributed by atoms with Gasteiger partial charge >= 0.3 is 6.36 Å². The average Bonchev–Trinajstić information content (AvgIpc) is 2.45. The molecule has 3 nitrogen and oxygen atoms in total. The van der Waals surface area contributed by atoms with E-state index in [4.69, 9.17) is 0 Å². The summed E-state index contributed by atoms with van der Waals surface area (Å²) in [6, 6.07) is 1.54. The molecule has 0 saturated heterocycles.